The van der Waals surface area contributed by atoms with Crippen molar-refractivity contribution in [3.05, 3.63) is 52.3 Å². The Labute approximate surface area is 128 Å². The van der Waals surface area contributed by atoms with Crippen molar-refractivity contribution in [1.29, 1.82) is 0 Å². The molecule has 1 aromatic carbocycles. The van der Waals surface area contributed by atoms with Crippen molar-refractivity contribution < 1.29 is 0 Å². The first kappa shape index (κ1) is 15.8. The summed E-state index contributed by atoms with van der Waals surface area (Å²) < 4.78 is 2.14. The molecule has 0 fully saturated rings. The van der Waals surface area contributed by atoms with Gasteiger partial charge in [-0.3, -0.25) is 4.68 Å². The number of hydrogen-bond donors (Lipinski definition) is 1. The van der Waals surface area contributed by atoms with Crippen LogP contribution in [-0.2, 0) is 6.54 Å². The maximum absolute atomic E-state index is 4.75. The first-order chi connectivity index (χ1) is 10.0. The molecule has 0 aliphatic rings. The second-order valence-electron chi connectivity index (χ2n) is 5.84. The summed E-state index contributed by atoms with van der Waals surface area (Å²) in [5.74, 6) is 0. The van der Waals surface area contributed by atoms with Gasteiger partial charge in [0.25, 0.3) is 0 Å². The maximum atomic E-state index is 4.75. The van der Waals surface area contributed by atoms with E-state index in [4.69, 9.17) is 5.10 Å². The lowest BCUT2D eigenvalue weighted by Crippen LogP contribution is -2.20. The van der Waals surface area contributed by atoms with Gasteiger partial charge in [0.2, 0.25) is 0 Å². The monoisotopic (exact) mass is 285 g/mol. The molecule has 1 atom stereocenters. The molecule has 114 valence electrons. The van der Waals surface area contributed by atoms with Crippen LogP contribution in [0.3, 0.4) is 0 Å². The van der Waals surface area contributed by atoms with E-state index in [0.717, 1.165) is 25.2 Å². The van der Waals surface area contributed by atoms with E-state index in [1.807, 2.05) is 0 Å². The fourth-order valence-electron chi connectivity index (χ4n) is 2.90. The number of nitrogens with one attached hydrogen (secondary N) is 1. The van der Waals surface area contributed by atoms with E-state index in [-0.39, 0.29) is 0 Å². The van der Waals surface area contributed by atoms with Gasteiger partial charge in [0.05, 0.1) is 12.2 Å². The average molecular weight is 285 g/mol. The highest BCUT2D eigenvalue weighted by Gasteiger charge is 2.17. The third kappa shape index (κ3) is 3.53. The smallest absolute Gasteiger partial charge is 0.0665 e. The highest BCUT2D eigenvalue weighted by molar-refractivity contribution is 5.30. The van der Waals surface area contributed by atoms with Crippen molar-refractivity contribution >= 4 is 0 Å². The summed E-state index contributed by atoms with van der Waals surface area (Å²) in [4.78, 5) is 0. The van der Waals surface area contributed by atoms with Gasteiger partial charge >= 0.3 is 0 Å². The lowest BCUT2D eigenvalue weighted by atomic mass is 10.1. The number of nitrogens with zero attached hydrogens (tertiary/aromatic N) is 2. The van der Waals surface area contributed by atoms with Gasteiger partial charge in [-0.25, -0.2) is 0 Å². The number of rotatable bonds is 6. The summed E-state index contributed by atoms with van der Waals surface area (Å²) in [7, 11) is 0. The van der Waals surface area contributed by atoms with Crippen molar-refractivity contribution in [2.75, 3.05) is 6.54 Å². The number of aromatic nitrogens is 2. The molecule has 1 aromatic heterocycles. The normalized spacial score (nSPS) is 12.6. The third-order valence-corrected chi connectivity index (χ3v) is 4.15. The standard InChI is InChI=1S/C18H27N3/c1-6-11-19-14(3)18-15(4)20-21(16(18)5)12-17-10-8-7-9-13(17)2/h7-10,14,19H,6,11-12H2,1-5H3. The molecule has 21 heavy (non-hydrogen) atoms. The molecule has 0 aliphatic heterocycles. The summed E-state index contributed by atoms with van der Waals surface area (Å²) in [5, 5.41) is 8.32. The molecule has 1 heterocycles. The van der Waals surface area contributed by atoms with Crippen molar-refractivity contribution in [3.8, 4) is 0 Å². The van der Waals surface area contributed by atoms with E-state index in [2.05, 4.69) is 68.9 Å². The van der Waals surface area contributed by atoms with Gasteiger partial charge in [-0.05, 0) is 51.8 Å². The van der Waals surface area contributed by atoms with Crippen molar-refractivity contribution in [3.63, 3.8) is 0 Å². The summed E-state index contributed by atoms with van der Waals surface area (Å²) in [6.45, 7) is 12.8. The zero-order chi connectivity index (χ0) is 15.4. The van der Waals surface area contributed by atoms with Crippen molar-refractivity contribution in [2.45, 2.75) is 53.6 Å². The average Bonchev–Trinajstić information content (AvgIpc) is 2.73. The van der Waals surface area contributed by atoms with Crippen LogP contribution in [0.15, 0.2) is 24.3 Å². The predicted molar refractivity (Wildman–Crippen MR) is 88.7 cm³/mol. The molecule has 3 nitrogen and oxygen atoms in total. The van der Waals surface area contributed by atoms with Crippen LogP contribution in [0.25, 0.3) is 0 Å². The van der Waals surface area contributed by atoms with Crippen LogP contribution in [0.4, 0.5) is 0 Å². The molecule has 0 saturated carbocycles. The molecular weight excluding hydrogens is 258 g/mol. The molecule has 0 amide bonds. The van der Waals surface area contributed by atoms with Crippen LogP contribution in [0.1, 0.15) is 54.4 Å². The maximum Gasteiger partial charge on any atom is 0.0665 e. The minimum absolute atomic E-state index is 0.357. The molecule has 0 radical (unpaired) electrons. The van der Waals surface area contributed by atoms with Gasteiger partial charge in [0.1, 0.15) is 0 Å². The summed E-state index contributed by atoms with van der Waals surface area (Å²) in [5.41, 5.74) is 6.41. The Balaban J connectivity index is 2.25. The Morgan fingerprint density at radius 1 is 1.19 bits per heavy atom. The molecule has 1 unspecified atom stereocenters. The Kier molecular flexibility index (Phi) is 5.18. The first-order valence-corrected chi connectivity index (χ1v) is 7.86. The van der Waals surface area contributed by atoms with E-state index in [0.29, 0.717) is 6.04 Å². The van der Waals surface area contributed by atoms with Gasteiger partial charge in [-0.1, -0.05) is 31.2 Å². The molecule has 1 N–H and O–H groups in total. The van der Waals surface area contributed by atoms with Crippen molar-refractivity contribution in [2.24, 2.45) is 0 Å². The zero-order valence-corrected chi connectivity index (χ0v) is 13.9. The second kappa shape index (κ2) is 6.90. The number of benzene rings is 1. The van der Waals surface area contributed by atoms with Crippen LogP contribution in [0.5, 0.6) is 0 Å². The largest absolute Gasteiger partial charge is 0.310 e. The molecule has 0 bridgehead atoms. The van der Waals surface area contributed by atoms with Crippen LogP contribution >= 0.6 is 0 Å². The van der Waals surface area contributed by atoms with Crippen LogP contribution in [0, 0.1) is 20.8 Å². The molecule has 0 saturated heterocycles. The summed E-state index contributed by atoms with van der Waals surface area (Å²) in [6.07, 6.45) is 1.15. The Bertz CT molecular complexity index is 599. The molecular formula is C18H27N3. The fraction of sp³-hybridized carbons (Fsp3) is 0.500. The van der Waals surface area contributed by atoms with Crippen LogP contribution in [-0.4, -0.2) is 16.3 Å². The van der Waals surface area contributed by atoms with E-state index >= 15 is 0 Å². The van der Waals surface area contributed by atoms with Crippen molar-refractivity contribution in [1.82, 2.24) is 15.1 Å². The minimum atomic E-state index is 0.357. The van der Waals surface area contributed by atoms with E-state index < -0.39 is 0 Å². The minimum Gasteiger partial charge on any atom is -0.310 e. The highest BCUT2D eigenvalue weighted by atomic mass is 15.3. The molecule has 2 rings (SSSR count). The molecule has 0 spiro atoms. The van der Waals surface area contributed by atoms with Crippen LogP contribution < -0.4 is 5.32 Å². The van der Waals surface area contributed by atoms with Crippen LogP contribution in [0.2, 0.25) is 0 Å². The highest BCUT2D eigenvalue weighted by Crippen LogP contribution is 2.22. The Morgan fingerprint density at radius 3 is 2.57 bits per heavy atom. The number of hydrogen-bond acceptors (Lipinski definition) is 2. The van der Waals surface area contributed by atoms with Gasteiger partial charge in [-0.2, -0.15) is 5.10 Å². The first-order valence-electron chi connectivity index (χ1n) is 7.86. The Morgan fingerprint density at radius 2 is 1.90 bits per heavy atom. The van der Waals surface area contributed by atoms with Gasteiger partial charge in [0, 0.05) is 17.3 Å². The predicted octanol–water partition coefficient (Wildman–Crippen LogP) is 3.92. The SMILES string of the molecule is CCCNC(C)c1c(C)nn(Cc2ccccc2C)c1C. The quantitative estimate of drug-likeness (QED) is 0.872. The van der Waals surface area contributed by atoms with Gasteiger partial charge in [-0.15, -0.1) is 0 Å². The lowest BCUT2D eigenvalue weighted by molar-refractivity contribution is 0.564. The van der Waals surface area contributed by atoms with E-state index in [1.54, 1.807) is 0 Å². The molecule has 3 heteroatoms. The second-order valence-corrected chi connectivity index (χ2v) is 5.84. The fourth-order valence-corrected chi connectivity index (χ4v) is 2.90. The lowest BCUT2D eigenvalue weighted by Gasteiger charge is -2.14. The van der Waals surface area contributed by atoms with Gasteiger partial charge < -0.3 is 5.32 Å². The zero-order valence-electron chi connectivity index (χ0n) is 13.9. The third-order valence-electron chi connectivity index (χ3n) is 4.15. The summed E-state index contributed by atoms with van der Waals surface area (Å²) in [6, 6.07) is 8.88. The summed E-state index contributed by atoms with van der Waals surface area (Å²) >= 11 is 0. The molecule has 0 aliphatic carbocycles. The van der Waals surface area contributed by atoms with E-state index in [9.17, 15) is 0 Å². The number of aryl methyl sites for hydroxylation is 2. The topological polar surface area (TPSA) is 29.9 Å². The van der Waals surface area contributed by atoms with E-state index in [1.165, 1.54) is 22.4 Å². The van der Waals surface area contributed by atoms with Gasteiger partial charge in [0.15, 0.2) is 0 Å². The molecule has 2 aromatic rings. The Hall–Kier alpha value is -1.61.